The fraction of sp³-hybridized carbons (Fsp3) is 0.200. The van der Waals surface area contributed by atoms with Crippen LogP contribution in [0.3, 0.4) is 0 Å². The topological polar surface area (TPSA) is 41.6 Å². The number of hydrogen-bond acceptors (Lipinski definition) is 5. The zero-order valence-corrected chi connectivity index (χ0v) is 7.93. The van der Waals surface area contributed by atoms with Gasteiger partial charge in [-0.05, 0) is 11.8 Å². The Morgan fingerprint density at radius 2 is 2.64 bits per heavy atom. The summed E-state index contributed by atoms with van der Waals surface area (Å²) in [6.07, 6.45) is 0. The van der Waals surface area contributed by atoms with E-state index in [1.807, 2.05) is 5.01 Å². The van der Waals surface area contributed by atoms with Crippen molar-refractivity contribution in [1.82, 2.24) is 5.01 Å². The predicted octanol–water partition coefficient (Wildman–Crippen LogP) is 1.14. The number of hydrazone groups is 1. The predicted molar refractivity (Wildman–Crippen MR) is 54.2 cm³/mol. The molecular weight excluding hydrogens is 198 g/mol. The van der Waals surface area contributed by atoms with Gasteiger partial charge in [0.05, 0.1) is 5.88 Å². The van der Waals surface area contributed by atoms with Crippen molar-refractivity contribution >= 4 is 45.8 Å². The molecule has 0 aromatic heterocycles. The summed E-state index contributed by atoms with van der Waals surface area (Å²) in [5, 5.41) is 10.1. The molecule has 0 saturated carbocycles. The number of rotatable bonds is 1. The highest BCUT2D eigenvalue weighted by Crippen LogP contribution is 2.37. The summed E-state index contributed by atoms with van der Waals surface area (Å²) >= 11 is 8.07. The quantitative estimate of drug-likeness (QED) is 0.647. The third kappa shape index (κ3) is 1.25. The van der Waals surface area contributed by atoms with Crippen molar-refractivity contribution in [2.24, 2.45) is 10.8 Å². The smallest absolute Gasteiger partial charge is 0.157 e. The lowest BCUT2D eigenvalue weighted by atomic mass is 10.7. The maximum absolute atomic E-state index is 5.42. The zero-order chi connectivity index (χ0) is 7.84. The number of fused-ring (bicyclic) bond motifs is 1. The van der Waals surface area contributed by atoms with E-state index in [4.69, 9.17) is 18.0 Å². The molecule has 6 heteroatoms. The van der Waals surface area contributed by atoms with Gasteiger partial charge >= 0.3 is 0 Å². The fourth-order valence-corrected chi connectivity index (χ4v) is 2.76. The van der Waals surface area contributed by atoms with Crippen LogP contribution in [0.15, 0.2) is 15.5 Å². The standard InChI is InChI=1S/C5H5N3S3/c6-4(9)5-7-8-2-10-1-3(8)11-5/h1H,2H2,(H2,6,9). The van der Waals surface area contributed by atoms with Crippen LogP contribution in [0.1, 0.15) is 0 Å². The molecule has 0 saturated heterocycles. The minimum Gasteiger partial charge on any atom is -0.388 e. The van der Waals surface area contributed by atoms with Gasteiger partial charge in [0.1, 0.15) is 10.0 Å². The molecule has 3 nitrogen and oxygen atoms in total. The van der Waals surface area contributed by atoms with Crippen LogP contribution in [0.4, 0.5) is 0 Å². The Labute approximate surface area is 78.1 Å². The largest absolute Gasteiger partial charge is 0.388 e. The van der Waals surface area contributed by atoms with Crippen LogP contribution < -0.4 is 5.73 Å². The summed E-state index contributed by atoms with van der Waals surface area (Å²) < 4.78 is 0. The molecule has 2 aliphatic rings. The van der Waals surface area contributed by atoms with Crippen molar-refractivity contribution in [3.05, 3.63) is 10.4 Å². The van der Waals surface area contributed by atoms with Crippen molar-refractivity contribution in [3.8, 4) is 0 Å². The molecule has 0 bridgehead atoms. The van der Waals surface area contributed by atoms with Gasteiger partial charge in [-0.2, -0.15) is 5.10 Å². The molecule has 2 heterocycles. The van der Waals surface area contributed by atoms with Gasteiger partial charge in [0.25, 0.3) is 0 Å². The molecule has 0 amide bonds. The molecule has 0 radical (unpaired) electrons. The molecule has 0 aromatic carbocycles. The van der Waals surface area contributed by atoms with E-state index >= 15 is 0 Å². The second kappa shape index (κ2) is 2.69. The third-order valence-corrected chi connectivity index (χ3v) is 3.55. The van der Waals surface area contributed by atoms with Crippen molar-refractivity contribution in [2.45, 2.75) is 0 Å². The Morgan fingerprint density at radius 1 is 1.82 bits per heavy atom. The lowest BCUT2D eigenvalue weighted by Crippen LogP contribution is -2.16. The molecule has 0 spiro atoms. The molecule has 2 aliphatic heterocycles. The number of hydrogen-bond donors (Lipinski definition) is 1. The number of thioether (sulfide) groups is 2. The highest BCUT2D eigenvalue weighted by Gasteiger charge is 2.25. The highest BCUT2D eigenvalue weighted by molar-refractivity contribution is 8.21. The maximum Gasteiger partial charge on any atom is 0.157 e. The summed E-state index contributed by atoms with van der Waals surface area (Å²) in [5.74, 6) is 0.883. The molecule has 2 rings (SSSR count). The summed E-state index contributed by atoms with van der Waals surface area (Å²) in [7, 11) is 0. The minimum absolute atomic E-state index is 0.385. The van der Waals surface area contributed by atoms with Gasteiger partial charge in [-0.25, -0.2) is 5.01 Å². The van der Waals surface area contributed by atoms with Crippen molar-refractivity contribution < 1.29 is 0 Å². The normalized spacial score (nSPS) is 21.3. The molecular formula is C5H5N3S3. The van der Waals surface area contributed by atoms with Gasteiger partial charge in [-0.3, -0.25) is 0 Å². The van der Waals surface area contributed by atoms with Gasteiger partial charge in [-0.1, -0.05) is 12.2 Å². The van der Waals surface area contributed by atoms with E-state index in [9.17, 15) is 0 Å². The van der Waals surface area contributed by atoms with E-state index in [1.54, 1.807) is 11.8 Å². The van der Waals surface area contributed by atoms with Crippen molar-refractivity contribution in [2.75, 3.05) is 5.88 Å². The third-order valence-electron chi connectivity index (χ3n) is 1.26. The summed E-state index contributed by atoms with van der Waals surface area (Å²) in [6.45, 7) is 0. The molecule has 0 atom stereocenters. The van der Waals surface area contributed by atoms with Crippen LogP contribution in [0, 0.1) is 0 Å². The Bertz CT molecular complexity index is 270. The number of nitrogens with two attached hydrogens (primary N) is 1. The van der Waals surface area contributed by atoms with Gasteiger partial charge in [0, 0.05) is 5.41 Å². The monoisotopic (exact) mass is 203 g/mol. The molecule has 0 fully saturated rings. The second-order valence-electron chi connectivity index (χ2n) is 2.02. The first-order valence-electron chi connectivity index (χ1n) is 2.93. The Kier molecular flexibility index (Phi) is 1.82. The summed E-state index contributed by atoms with van der Waals surface area (Å²) in [4.78, 5) is 0.385. The maximum atomic E-state index is 5.42. The Hall–Kier alpha value is -0.200. The van der Waals surface area contributed by atoms with Crippen LogP contribution in [-0.4, -0.2) is 20.9 Å². The van der Waals surface area contributed by atoms with Crippen LogP contribution in [0.5, 0.6) is 0 Å². The van der Waals surface area contributed by atoms with E-state index in [-0.39, 0.29) is 0 Å². The summed E-state index contributed by atoms with van der Waals surface area (Å²) in [5.41, 5.74) is 5.42. The van der Waals surface area contributed by atoms with Crippen LogP contribution in [-0.2, 0) is 0 Å². The lowest BCUT2D eigenvalue weighted by Gasteiger charge is -2.03. The van der Waals surface area contributed by atoms with Crippen LogP contribution in [0.2, 0.25) is 0 Å². The van der Waals surface area contributed by atoms with E-state index in [0.717, 1.165) is 15.9 Å². The molecule has 0 aromatic rings. The van der Waals surface area contributed by atoms with Gasteiger partial charge in [0.2, 0.25) is 0 Å². The fourth-order valence-electron chi connectivity index (χ4n) is 0.787. The Balaban J connectivity index is 2.21. The first kappa shape index (κ1) is 7.45. The molecule has 0 unspecified atom stereocenters. The van der Waals surface area contributed by atoms with E-state index < -0.39 is 0 Å². The van der Waals surface area contributed by atoms with E-state index in [0.29, 0.717) is 4.99 Å². The molecule has 2 N–H and O–H groups in total. The zero-order valence-electron chi connectivity index (χ0n) is 5.48. The molecule has 58 valence electrons. The minimum atomic E-state index is 0.385. The average Bonchev–Trinajstić information content (AvgIpc) is 2.40. The van der Waals surface area contributed by atoms with Gasteiger partial charge in [0.15, 0.2) is 5.04 Å². The first-order chi connectivity index (χ1) is 5.27. The van der Waals surface area contributed by atoms with Crippen LogP contribution >= 0.6 is 35.7 Å². The van der Waals surface area contributed by atoms with Gasteiger partial charge < -0.3 is 5.73 Å². The SMILES string of the molecule is NC(=S)C1=NN2CSC=C2S1. The lowest BCUT2D eigenvalue weighted by molar-refractivity contribution is 0.477. The molecule has 0 aliphatic carbocycles. The molecule has 11 heavy (non-hydrogen) atoms. The Morgan fingerprint density at radius 3 is 3.27 bits per heavy atom. The van der Waals surface area contributed by atoms with E-state index in [2.05, 4.69) is 10.5 Å². The van der Waals surface area contributed by atoms with Crippen molar-refractivity contribution in [3.63, 3.8) is 0 Å². The number of nitrogens with zero attached hydrogens (tertiary/aromatic N) is 2. The van der Waals surface area contributed by atoms with Gasteiger partial charge in [-0.15, -0.1) is 11.8 Å². The summed E-state index contributed by atoms with van der Waals surface area (Å²) in [6, 6.07) is 0. The van der Waals surface area contributed by atoms with Crippen LogP contribution in [0.25, 0.3) is 0 Å². The second-order valence-corrected chi connectivity index (χ2v) is 4.30. The average molecular weight is 203 g/mol. The highest BCUT2D eigenvalue weighted by atomic mass is 32.2. The van der Waals surface area contributed by atoms with E-state index in [1.165, 1.54) is 11.8 Å². The first-order valence-corrected chi connectivity index (χ1v) is 5.20. The number of thiocarbonyl (C=S) groups is 1. The van der Waals surface area contributed by atoms with Crippen molar-refractivity contribution in [1.29, 1.82) is 0 Å².